The smallest absolute Gasteiger partial charge is 0.162 e. The van der Waals surface area contributed by atoms with Gasteiger partial charge in [0, 0.05) is 16.0 Å². The Morgan fingerprint density at radius 2 is 1.92 bits per heavy atom. The number of fused-ring (bicyclic) bond motifs is 1. The van der Waals surface area contributed by atoms with Crippen molar-refractivity contribution in [2.45, 2.75) is 12.5 Å². The van der Waals surface area contributed by atoms with Crippen molar-refractivity contribution in [3.63, 3.8) is 0 Å². The number of rotatable bonds is 7. The molecule has 1 heterocycles. The Morgan fingerprint density at radius 1 is 1.19 bits per heavy atom. The van der Waals surface area contributed by atoms with Crippen LogP contribution in [0.5, 0.6) is 0 Å². The van der Waals surface area contributed by atoms with Gasteiger partial charge in [-0.3, -0.25) is 0 Å². The van der Waals surface area contributed by atoms with Crippen LogP contribution in [0.25, 0.3) is 22.3 Å². The van der Waals surface area contributed by atoms with Crippen LogP contribution < -0.4 is 10.4 Å². The topological polar surface area (TPSA) is 77.9 Å². The molecule has 0 bridgehead atoms. The van der Waals surface area contributed by atoms with Crippen LogP contribution in [0.3, 0.4) is 0 Å². The van der Waals surface area contributed by atoms with Gasteiger partial charge in [0.05, 0.1) is 17.5 Å². The first-order valence-corrected chi connectivity index (χ1v) is 9.84. The van der Waals surface area contributed by atoms with Crippen LogP contribution in [-0.4, -0.2) is 34.0 Å². The van der Waals surface area contributed by atoms with Crippen LogP contribution in [-0.2, 0) is 4.79 Å². The minimum Gasteiger partial charge on any atom is -0.548 e. The van der Waals surface area contributed by atoms with E-state index in [1.807, 2.05) is 42.7 Å². The van der Waals surface area contributed by atoms with Crippen molar-refractivity contribution in [1.82, 2.24) is 9.97 Å². The fourth-order valence-corrected chi connectivity index (χ4v) is 3.16. The summed E-state index contributed by atoms with van der Waals surface area (Å²) >= 11 is 7.54. The van der Waals surface area contributed by atoms with E-state index in [2.05, 4.69) is 15.3 Å². The van der Waals surface area contributed by atoms with Gasteiger partial charge in [0.25, 0.3) is 0 Å². The van der Waals surface area contributed by atoms with Gasteiger partial charge >= 0.3 is 0 Å². The Kier molecular flexibility index (Phi) is 5.96. The molecule has 1 aromatic heterocycles. The number of carboxylic acid groups (broad SMARTS) is 1. The Bertz CT molecular complexity index is 918. The number of hydrogen-bond donors (Lipinski definition) is 1. The highest BCUT2D eigenvalue weighted by molar-refractivity contribution is 7.98. The Morgan fingerprint density at radius 3 is 2.62 bits per heavy atom. The molecule has 26 heavy (non-hydrogen) atoms. The van der Waals surface area contributed by atoms with Crippen LogP contribution in [0.15, 0.2) is 48.5 Å². The fraction of sp³-hybridized carbons (Fsp3) is 0.211. The first-order valence-electron chi connectivity index (χ1n) is 8.07. The molecule has 0 aliphatic carbocycles. The highest BCUT2D eigenvalue weighted by Crippen LogP contribution is 2.26. The molecule has 3 rings (SSSR count). The molecule has 0 aliphatic rings. The third-order valence-corrected chi connectivity index (χ3v) is 4.81. The molecule has 3 aromatic rings. The molecule has 0 spiro atoms. The third-order valence-electron chi connectivity index (χ3n) is 3.91. The van der Waals surface area contributed by atoms with Gasteiger partial charge in [-0.2, -0.15) is 11.8 Å². The first-order chi connectivity index (χ1) is 12.6. The second kappa shape index (κ2) is 8.38. The molecule has 0 unspecified atom stereocenters. The van der Waals surface area contributed by atoms with E-state index in [1.165, 1.54) is 0 Å². The van der Waals surface area contributed by atoms with E-state index in [1.54, 1.807) is 23.9 Å². The number of aromatic nitrogens is 2. The van der Waals surface area contributed by atoms with Gasteiger partial charge in [0.1, 0.15) is 5.82 Å². The molecular weight excluding hydrogens is 370 g/mol. The van der Waals surface area contributed by atoms with Crippen molar-refractivity contribution < 1.29 is 9.90 Å². The number of para-hydroxylation sites is 1. The van der Waals surface area contributed by atoms with Crippen LogP contribution in [0, 0.1) is 0 Å². The number of anilines is 1. The number of benzene rings is 2. The van der Waals surface area contributed by atoms with Crippen molar-refractivity contribution in [2.75, 3.05) is 17.3 Å². The Balaban J connectivity index is 2.04. The maximum atomic E-state index is 11.5. The minimum atomic E-state index is -1.14. The van der Waals surface area contributed by atoms with E-state index in [0.29, 0.717) is 28.8 Å². The molecule has 2 aromatic carbocycles. The third kappa shape index (κ3) is 4.26. The zero-order chi connectivity index (χ0) is 18.5. The van der Waals surface area contributed by atoms with Crippen molar-refractivity contribution in [2.24, 2.45) is 0 Å². The van der Waals surface area contributed by atoms with Crippen LogP contribution >= 0.6 is 23.4 Å². The highest BCUT2D eigenvalue weighted by Gasteiger charge is 2.15. The zero-order valence-corrected chi connectivity index (χ0v) is 15.7. The molecule has 0 saturated heterocycles. The SMILES string of the molecule is CSCC[C@H](Nc1nc(-c2ccc(Cl)cc2)nc2ccccc12)C(=O)[O-]. The number of halogens is 1. The predicted octanol–water partition coefficient (Wildman–Crippen LogP) is 3.23. The number of hydrogen-bond acceptors (Lipinski definition) is 6. The molecule has 134 valence electrons. The average Bonchev–Trinajstić information content (AvgIpc) is 2.65. The van der Waals surface area contributed by atoms with E-state index in [4.69, 9.17) is 11.6 Å². The molecule has 1 N–H and O–H groups in total. The number of carbonyl (C=O) groups is 1. The number of aliphatic carboxylic acids is 1. The number of carboxylic acids is 1. The van der Waals surface area contributed by atoms with Crippen molar-refractivity contribution >= 4 is 46.1 Å². The minimum absolute atomic E-state index is 0.443. The molecule has 0 aliphatic heterocycles. The van der Waals surface area contributed by atoms with Crippen molar-refractivity contribution in [1.29, 1.82) is 0 Å². The van der Waals surface area contributed by atoms with E-state index in [0.717, 1.165) is 16.5 Å². The number of nitrogens with zero attached hydrogens (tertiary/aromatic N) is 2. The van der Waals surface area contributed by atoms with E-state index in [-0.39, 0.29) is 0 Å². The molecule has 0 radical (unpaired) electrons. The van der Waals surface area contributed by atoms with Gasteiger partial charge in [-0.15, -0.1) is 0 Å². The van der Waals surface area contributed by atoms with E-state index in [9.17, 15) is 9.90 Å². The molecule has 5 nitrogen and oxygen atoms in total. The quantitative estimate of drug-likeness (QED) is 0.671. The monoisotopic (exact) mass is 386 g/mol. The van der Waals surface area contributed by atoms with Gasteiger partial charge < -0.3 is 15.2 Å². The number of nitrogens with one attached hydrogen (secondary N) is 1. The summed E-state index contributed by atoms with van der Waals surface area (Å²) in [5, 5.41) is 15.9. The molecule has 0 amide bonds. The molecule has 0 fully saturated rings. The summed E-state index contributed by atoms with van der Waals surface area (Å²) in [4.78, 5) is 20.7. The summed E-state index contributed by atoms with van der Waals surface area (Å²) in [5.74, 6) is 0.550. The van der Waals surface area contributed by atoms with E-state index < -0.39 is 12.0 Å². The van der Waals surface area contributed by atoms with Crippen LogP contribution in [0.2, 0.25) is 5.02 Å². The lowest BCUT2D eigenvalue weighted by atomic mass is 10.1. The number of carbonyl (C=O) groups excluding carboxylic acids is 1. The van der Waals surface area contributed by atoms with Gasteiger partial charge in [-0.25, -0.2) is 9.97 Å². The molecule has 7 heteroatoms. The summed E-state index contributed by atoms with van der Waals surface area (Å²) in [6.45, 7) is 0. The lowest BCUT2D eigenvalue weighted by Crippen LogP contribution is -2.41. The van der Waals surface area contributed by atoms with Crippen molar-refractivity contribution in [3.8, 4) is 11.4 Å². The molecule has 1 atom stereocenters. The second-order valence-corrected chi connectivity index (χ2v) is 7.14. The van der Waals surface area contributed by atoms with Gasteiger partial charge in [-0.05, 0) is 54.8 Å². The van der Waals surface area contributed by atoms with Crippen LogP contribution in [0.4, 0.5) is 5.82 Å². The first kappa shape index (κ1) is 18.5. The molecule has 0 saturated carbocycles. The summed E-state index contributed by atoms with van der Waals surface area (Å²) in [6, 6.07) is 13.9. The molecular formula is C19H17ClN3O2S-. The maximum Gasteiger partial charge on any atom is 0.162 e. The lowest BCUT2D eigenvalue weighted by molar-refractivity contribution is -0.306. The number of thioether (sulfide) groups is 1. The highest BCUT2D eigenvalue weighted by atomic mass is 35.5. The summed E-state index contributed by atoms with van der Waals surface area (Å²) in [7, 11) is 0. The van der Waals surface area contributed by atoms with Gasteiger partial charge in [0.15, 0.2) is 5.82 Å². The largest absolute Gasteiger partial charge is 0.548 e. The fourth-order valence-electron chi connectivity index (χ4n) is 2.56. The zero-order valence-electron chi connectivity index (χ0n) is 14.1. The maximum absolute atomic E-state index is 11.5. The average molecular weight is 387 g/mol. The lowest BCUT2D eigenvalue weighted by Gasteiger charge is -2.21. The van der Waals surface area contributed by atoms with Gasteiger partial charge in [-0.1, -0.05) is 23.7 Å². The Hall–Kier alpha value is -2.31. The van der Waals surface area contributed by atoms with Crippen LogP contribution in [0.1, 0.15) is 6.42 Å². The predicted molar refractivity (Wildman–Crippen MR) is 105 cm³/mol. The summed E-state index contributed by atoms with van der Waals surface area (Å²) < 4.78 is 0. The van der Waals surface area contributed by atoms with E-state index >= 15 is 0 Å². The Labute approximate surface area is 160 Å². The van der Waals surface area contributed by atoms with Crippen molar-refractivity contribution in [3.05, 3.63) is 53.6 Å². The standard InChI is InChI=1S/C19H18ClN3O2S/c1-26-11-10-16(19(24)25)22-18-14-4-2-3-5-15(14)21-17(23-18)12-6-8-13(20)9-7-12/h2-9,16H,10-11H2,1H3,(H,24,25)(H,21,22,23)/p-1/t16-/m0/s1. The van der Waals surface area contributed by atoms with Gasteiger partial charge in [0.2, 0.25) is 0 Å². The summed E-state index contributed by atoms with van der Waals surface area (Å²) in [5.41, 5.74) is 1.54. The summed E-state index contributed by atoms with van der Waals surface area (Å²) in [6.07, 6.45) is 2.38. The second-order valence-electron chi connectivity index (χ2n) is 5.72. The normalized spacial score (nSPS) is 12.1.